The second-order valence-electron chi connectivity index (χ2n) is 6.43. The van der Waals surface area contributed by atoms with E-state index in [0.29, 0.717) is 27.1 Å². The fourth-order valence-corrected chi connectivity index (χ4v) is 3.48. The number of Topliss-reactive ketones (excluding diaryl/α,β-unsaturated/α-hetero) is 1. The van der Waals surface area contributed by atoms with E-state index in [9.17, 15) is 18.0 Å². The number of carbonyl (C=O) groups excluding carboxylic acids is 1. The fraction of sp³-hybridized carbons (Fsp3) is 0.0435. The molecule has 0 unspecified atom stereocenters. The Labute approximate surface area is 169 Å². The van der Waals surface area contributed by atoms with Gasteiger partial charge in [0, 0.05) is 21.5 Å². The Kier molecular flexibility index (Phi) is 4.84. The number of halogens is 4. The fourth-order valence-electron chi connectivity index (χ4n) is 3.31. The minimum atomic E-state index is -5.05. The Morgan fingerprint density at radius 1 is 0.828 bits per heavy atom. The third-order valence-electron chi connectivity index (χ3n) is 4.54. The van der Waals surface area contributed by atoms with Crippen molar-refractivity contribution in [3.05, 3.63) is 89.4 Å². The molecule has 0 saturated carbocycles. The Morgan fingerprint density at radius 3 is 2.00 bits per heavy atom. The largest absolute Gasteiger partial charge is 0.454 e. The van der Waals surface area contributed by atoms with E-state index in [2.05, 4.69) is 4.98 Å². The van der Waals surface area contributed by atoms with Crippen molar-refractivity contribution >= 4 is 28.3 Å². The number of hydrogen-bond acceptors (Lipinski definition) is 2. The van der Waals surface area contributed by atoms with Gasteiger partial charge in [-0.1, -0.05) is 72.3 Å². The molecule has 4 rings (SSSR count). The van der Waals surface area contributed by atoms with E-state index >= 15 is 0 Å². The summed E-state index contributed by atoms with van der Waals surface area (Å²) < 4.78 is 40.8. The molecule has 6 heteroatoms. The van der Waals surface area contributed by atoms with Crippen molar-refractivity contribution in [3.8, 4) is 22.4 Å². The van der Waals surface area contributed by atoms with Crippen LogP contribution in [0.2, 0.25) is 5.02 Å². The van der Waals surface area contributed by atoms with E-state index in [1.807, 2.05) is 0 Å². The van der Waals surface area contributed by atoms with Crippen molar-refractivity contribution in [2.24, 2.45) is 0 Å². The van der Waals surface area contributed by atoms with Crippen LogP contribution in [-0.4, -0.2) is 16.9 Å². The van der Waals surface area contributed by atoms with Crippen LogP contribution < -0.4 is 0 Å². The van der Waals surface area contributed by atoms with E-state index in [-0.39, 0.29) is 11.3 Å². The van der Waals surface area contributed by atoms with Crippen LogP contribution in [0.4, 0.5) is 13.2 Å². The zero-order chi connectivity index (χ0) is 20.6. The maximum Gasteiger partial charge on any atom is 0.454 e. The van der Waals surface area contributed by atoms with E-state index in [4.69, 9.17) is 11.6 Å². The van der Waals surface area contributed by atoms with Gasteiger partial charge in [-0.25, -0.2) is 4.98 Å². The first-order chi connectivity index (χ1) is 13.9. The number of benzene rings is 3. The number of fused-ring (bicyclic) bond motifs is 1. The van der Waals surface area contributed by atoms with Crippen molar-refractivity contribution in [3.63, 3.8) is 0 Å². The molecule has 0 saturated heterocycles. The Bertz CT molecular complexity index is 1210. The number of hydrogen-bond donors (Lipinski definition) is 0. The first-order valence-electron chi connectivity index (χ1n) is 8.72. The van der Waals surface area contributed by atoms with Gasteiger partial charge in [0.2, 0.25) is 0 Å². The third-order valence-corrected chi connectivity index (χ3v) is 4.78. The van der Waals surface area contributed by atoms with Gasteiger partial charge < -0.3 is 0 Å². The predicted octanol–water partition coefficient (Wildman–Crippen LogP) is 6.97. The molecule has 0 aliphatic rings. The highest BCUT2D eigenvalue weighted by atomic mass is 35.5. The van der Waals surface area contributed by atoms with Crippen LogP contribution in [0.25, 0.3) is 33.3 Å². The van der Waals surface area contributed by atoms with Gasteiger partial charge in [0.15, 0.2) is 0 Å². The lowest BCUT2D eigenvalue weighted by atomic mass is 9.89. The average Bonchev–Trinajstić information content (AvgIpc) is 2.72. The number of ketones is 1. The van der Waals surface area contributed by atoms with Crippen LogP contribution in [-0.2, 0) is 0 Å². The monoisotopic (exact) mass is 411 g/mol. The number of nitrogens with zero attached hydrogens (tertiary/aromatic N) is 1. The van der Waals surface area contributed by atoms with Gasteiger partial charge in [0.05, 0.1) is 16.8 Å². The van der Waals surface area contributed by atoms with Crippen LogP contribution in [0, 0.1) is 0 Å². The highest BCUT2D eigenvalue weighted by Gasteiger charge is 2.42. The van der Waals surface area contributed by atoms with E-state index in [1.165, 1.54) is 6.07 Å². The molecule has 0 aliphatic carbocycles. The van der Waals surface area contributed by atoms with Crippen LogP contribution >= 0.6 is 11.6 Å². The molecule has 0 spiro atoms. The van der Waals surface area contributed by atoms with Crippen LogP contribution in [0.15, 0.2) is 78.9 Å². The Hall–Kier alpha value is -3.18. The molecule has 2 nitrogen and oxygen atoms in total. The minimum absolute atomic E-state index is 0.0124. The average molecular weight is 412 g/mol. The first-order valence-corrected chi connectivity index (χ1v) is 9.09. The predicted molar refractivity (Wildman–Crippen MR) is 108 cm³/mol. The first kappa shape index (κ1) is 19.2. The molecule has 0 radical (unpaired) electrons. The van der Waals surface area contributed by atoms with Gasteiger partial charge in [-0.05, 0) is 23.8 Å². The highest BCUT2D eigenvalue weighted by molar-refractivity contribution is 6.31. The molecule has 1 heterocycles. The maximum absolute atomic E-state index is 13.6. The number of alkyl halides is 3. The summed E-state index contributed by atoms with van der Waals surface area (Å²) in [6.45, 7) is 0. The van der Waals surface area contributed by atoms with Crippen LogP contribution in [0.1, 0.15) is 10.4 Å². The molecule has 0 aliphatic heterocycles. The van der Waals surface area contributed by atoms with Gasteiger partial charge in [0.25, 0.3) is 5.78 Å². The molecular weight excluding hydrogens is 399 g/mol. The summed E-state index contributed by atoms with van der Waals surface area (Å²) in [6, 6.07) is 21.7. The zero-order valence-electron chi connectivity index (χ0n) is 14.9. The summed E-state index contributed by atoms with van der Waals surface area (Å²) in [5.41, 5.74) is 1.03. The molecule has 144 valence electrons. The molecule has 29 heavy (non-hydrogen) atoms. The standard InChI is InChI=1S/C23H13ClF3NO/c24-16-11-12-18-17(13-16)19(14-7-3-1-4-8-14)20(22(29)23(25,26)27)21(28-18)15-9-5-2-6-10-15/h1-13H. The third kappa shape index (κ3) is 3.61. The number of aromatic nitrogens is 1. The lowest BCUT2D eigenvalue weighted by Crippen LogP contribution is -2.24. The molecule has 0 amide bonds. The molecule has 0 fully saturated rings. The zero-order valence-corrected chi connectivity index (χ0v) is 15.6. The van der Waals surface area contributed by atoms with Crippen molar-refractivity contribution in [2.45, 2.75) is 6.18 Å². The molecule has 0 atom stereocenters. The van der Waals surface area contributed by atoms with Crippen molar-refractivity contribution in [2.75, 3.05) is 0 Å². The topological polar surface area (TPSA) is 30.0 Å². The molecule has 0 N–H and O–H groups in total. The van der Waals surface area contributed by atoms with E-state index < -0.39 is 17.5 Å². The number of carbonyl (C=O) groups is 1. The van der Waals surface area contributed by atoms with E-state index in [1.54, 1.807) is 72.8 Å². The van der Waals surface area contributed by atoms with Gasteiger partial charge in [0.1, 0.15) is 0 Å². The normalized spacial score (nSPS) is 11.6. The smallest absolute Gasteiger partial charge is 0.284 e. The number of rotatable bonds is 3. The van der Waals surface area contributed by atoms with Crippen LogP contribution in [0.5, 0.6) is 0 Å². The van der Waals surface area contributed by atoms with Crippen molar-refractivity contribution < 1.29 is 18.0 Å². The lowest BCUT2D eigenvalue weighted by molar-refractivity contribution is -0.0884. The van der Waals surface area contributed by atoms with E-state index in [0.717, 1.165) is 0 Å². The Morgan fingerprint density at radius 2 is 1.41 bits per heavy atom. The number of pyridine rings is 1. The lowest BCUT2D eigenvalue weighted by Gasteiger charge is -2.18. The molecule has 1 aromatic heterocycles. The second-order valence-corrected chi connectivity index (χ2v) is 6.87. The molecular formula is C23H13ClF3NO. The minimum Gasteiger partial charge on any atom is -0.284 e. The summed E-state index contributed by atoms with van der Waals surface area (Å²) in [6.07, 6.45) is -5.05. The highest BCUT2D eigenvalue weighted by Crippen LogP contribution is 2.40. The van der Waals surface area contributed by atoms with Gasteiger partial charge in [-0.2, -0.15) is 13.2 Å². The maximum atomic E-state index is 13.6. The summed E-state index contributed by atoms with van der Waals surface area (Å²) >= 11 is 6.12. The quantitative estimate of drug-likeness (QED) is 0.341. The van der Waals surface area contributed by atoms with Gasteiger partial charge >= 0.3 is 6.18 Å². The second kappa shape index (κ2) is 7.33. The summed E-state index contributed by atoms with van der Waals surface area (Å²) in [5, 5.41) is 0.727. The van der Waals surface area contributed by atoms with Crippen molar-refractivity contribution in [1.29, 1.82) is 0 Å². The summed E-state index contributed by atoms with van der Waals surface area (Å²) in [7, 11) is 0. The molecule has 3 aromatic carbocycles. The Balaban J connectivity index is 2.21. The molecule has 0 bridgehead atoms. The molecule has 4 aromatic rings. The van der Waals surface area contributed by atoms with Gasteiger partial charge in [-0.15, -0.1) is 0 Å². The summed E-state index contributed by atoms with van der Waals surface area (Å²) in [4.78, 5) is 17.0. The van der Waals surface area contributed by atoms with Crippen molar-refractivity contribution in [1.82, 2.24) is 4.98 Å². The van der Waals surface area contributed by atoms with Crippen LogP contribution in [0.3, 0.4) is 0 Å². The van der Waals surface area contributed by atoms with Gasteiger partial charge in [-0.3, -0.25) is 4.79 Å². The SMILES string of the molecule is O=C(c1c(-c2ccccc2)nc2ccc(Cl)cc2c1-c1ccccc1)C(F)(F)F. The summed E-state index contributed by atoms with van der Waals surface area (Å²) in [5.74, 6) is -1.94.